The highest BCUT2D eigenvalue weighted by Crippen LogP contribution is 2.34. The molecule has 1 unspecified atom stereocenters. The van der Waals surface area contributed by atoms with Gasteiger partial charge in [-0.3, -0.25) is 9.59 Å². The third-order valence-electron chi connectivity index (χ3n) is 4.49. The number of aliphatic carboxylic acids is 1. The van der Waals surface area contributed by atoms with Crippen LogP contribution in [0, 0.1) is 5.92 Å². The molecule has 23 heavy (non-hydrogen) atoms. The molecule has 1 saturated heterocycles. The van der Waals surface area contributed by atoms with Crippen LogP contribution in [-0.4, -0.2) is 36.7 Å². The second-order valence-corrected chi connectivity index (χ2v) is 6.48. The fourth-order valence-electron chi connectivity index (χ4n) is 3.04. The van der Waals surface area contributed by atoms with E-state index in [9.17, 15) is 14.7 Å². The molecule has 5 heteroatoms. The molecule has 1 heterocycles. The molecule has 0 saturated carbocycles. The van der Waals surface area contributed by atoms with Gasteiger partial charge in [-0.1, -0.05) is 18.2 Å². The maximum absolute atomic E-state index is 12.0. The van der Waals surface area contributed by atoms with Gasteiger partial charge < -0.3 is 14.7 Å². The third-order valence-corrected chi connectivity index (χ3v) is 4.49. The normalized spacial score (nSPS) is 18.6. The Morgan fingerprint density at radius 1 is 1.35 bits per heavy atom. The molecule has 0 aliphatic carbocycles. The molecule has 0 radical (unpaired) electrons. The number of carboxylic acid groups (broad SMARTS) is 1. The number of hydrogen-bond acceptors (Lipinski definition) is 4. The average Bonchev–Trinajstić information content (AvgIpc) is 2.55. The number of anilines is 1. The van der Waals surface area contributed by atoms with Gasteiger partial charge in [-0.2, -0.15) is 0 Å². The lowest BCUT2D eigenvalue weighted by atomic mass is 9.83. The molecule has 1 aliphatic heterocycles. The van der Waals surface area contributed by atoms with Gasteiger partial charge in [-0.15, -0.1) is 0 Å². The minimum absolute atomic E-state index is 0.148. The fourth-order valence-corrected chi connectivity index (χ4v) is 3.04. The number of benzene rings is 1. The smallest absolute Gasteiger partial charge is 0.313 e. The number of hydrogen-bond donors (Lipinski definition) is 1. The first-order chi connectivity index (χ1) is 10.9. The van der Waals surface area contributed by atoms with Crippen molar-refractivity contribution in [1.29, 1.82) is 0 Å². The Balaban J connectivity index is 2.28. The summed E-state index contributed by atoms with van der Waals surface area (Å²) in [6.45, 7) is 7.01. The predicted octanol–water partition coefficient (Wildman–Crippen LogP) is 2.83. The highest BCUT2D eigenvalue weighted by molar-refractivity contribution is 5.83. The molecule has 1 atom stereocenters. The number of carbonyl (C=O) groups excluding carboxylic acids is 1. The number of carboxylic acids is 1. The van der Waals surface area contributed by atoms with E-state index in [1.165, 1.54) is 0 Å². The summed E-state index contributed by atoms with van der Waals surface area (Å²) in [4.78, 5) is 25.8. The first-order valence-electron chi connectivity index (χ1n) is 8.12. The lowest BCUT2D eigenvalue weighted by molar-refractivity contribution is -0.148. The van der Waals surface area contributed by atoms with Crippen molar-refractivity contribution in [3.05, 3.63) is 29.8 Å². The zero-order valence-electron chi connectivity index (χ0n) is 14.0. The minimum atomic E-state index is -0.979. The summed E-state index contributed by atoms with van der Waals surface area (Å²) >= 11 is 0. The molecule has 1 N–H and O–H groups in total. The van der Waals surface area contributed by atoms with Crippen LogP contribution in [0.15, 0.2) is 24.3 Å². The molecule has 0 bridgehead atoms. The summed E-state index contributed by atoms with van der Waals surface area (Å²) in [5.41, 5.74) is 0.693. The predicted molar refractivity (Wildman–Crippen MR) is 88.7 cm³/mol. The van der Waals surface area contributed by atoms with Crippen LogP contribution >= 0.6 is 0 Å². The number of piperidine rings is 1. The second-order valence-electron chi connectivity index (χ2n) is 6.48. The van der Waals surface area contributed by atoms with Gasteiger partial charge in [0.2, 0.25) is 0 Å². The summed E-state index contributed by atoms with van der Waals surface area (Å²) in [5.74, 6) is -1.17. The van der Waals surface area contributed by atoms with E-state index in [2.05, 4.69) is 4.90 Å². The Bertz CT molecular complexity index is 582. The lowest BCUT2D eigenvalue weighted by Gasteiger charge is -2.36. The van der Waals surface area contributed by atoms with Crippen LogP contribution in [-0.2, 0) is 19.7 Å². The number of ether oxygens (including phenoxy) is 1. The molecule has 1 aromatic carbocycles. The summed E-state index contributed by atoms with van der Waals surface area (Å²) in [7, 11) is 0. The van der Waals surface area contributed by atoms with Gasteiger partial charge in [-0.05, 0) is 45.2 Å². The van der Waals surface area contributed by atoms with Gasteiger partial charge in [0.1, 0.15) is 0 Å². The van der Waals surface area contributed by atoms with Crippen molar-refractivity contribution in [2.24, 2.45) is 5.92 Å². The largest absolute Gasteiger partial charge is 0.481 e. The van der Waals surface area contributed by atoms with E-state index in [1.807, 2.05) is 31.2 Å². The van der Waals surface area contributed by atoms with Crippen molar-refractivity contribution in [1.82, 2.24) is 0 Å². The molecule has 0 aromatic heterocycles. The zero-order chi connectivity index (χ0) is 17.0. The lowest BCUT2D eigenvalue weighted by Crippen LogP contribution is -2.41. The average molecular weight is 319 g/mol. The highest BCUT2D eigenvalue weighted by atomic mass is 16.5. The fraction of sp³-hybridized carbons (Fsp3) is 0.556. The Morgan fingerprint density at radius 3 is 2.70 bits per heavy atom. The van der Waals surface area contributed by atoms with Gasteiger partial charge in [0, 0.05) is 18.8 Å². The van der Waals surface area contributed by atoms with Crippen molar-refractivity contribution in [3.8, 4) is 0 Å². The number of rotatable bonds is 5. The summed E-state index contributed by atoms with van der Waals surface area (Å²) < 4.78 is 5.14. The molecule has 1 aromatic rings. The van der Waals surface area contributed by atoms with Gasteiger partial charge in [-0.25, -0.2) is 0 Å². The molecular formula is C18H25NO4. The van der Waals surface area contributed by atoms with Crippen LogP contribution in [0.4, 0.5) is 5.69 Å². The zero-order valence-corrected chi connectivity index (χ0v) is 14.0. The quantitative estimate of drug-likeness (QED) is 0.845. The molecule has 0 spiro atoms. The van der Waals surface area contributed by atoms with Gasteiger partial charge in [0.15, 0.2) is 0 Å². The van der Waals surface area contributed by atoms with Gasteiger partial charge in [0.25, 0.3) is 0 Å². The van der Waals surface area contributed by atoms with Crippen molar-refractivity contribution < 1.29 is 19.4 Å². The van der Waals surface area contributed by atoms with Crippen LogP contribution < -0.4 is 4.90 Å². The number of carbonyl (C=O) groups is 2. The maximum atomic E-state index is 12.0. The third kappa shape index (κ3) is 3.66. The summed E-state index contributed by atoms with van der Waals surface area (Å²) in [6.07, 6.45) is 1.71. The molecule has 2 rings (SSSR count). The van der Waals surface area contributed by atoms with Crippen molar-refractivity contribution >= 4 is 17.6 Å². The Hall–Kier alpha value is -2.04. The van der Waals surface area contributed by atoms with E-state index < -0.39 is 11.4 Å². The highest BCUT2D eigenvalue weighted by Gasteiger charge is 2.34. The number of para-hydroxylation sites is 1. The van der Waals surface area contributed by atoms with E-state index in [-0.39, 0.29) is 11.9 Å². The molecular weight excluding hydrogens is 294 g/mol. The van der Waals surface area contributed by atoms with Crippen LogP contribution in [0.3, 0.4) is 0 Å². The molecule has 1 aliphatic rings. The van der Waals surface area contributed by atoms with Crippen molar-refractivity contribution in [2.75, 3.05) is 24.6 Å². The molecule has 1 fully saturated rings. The van der Waals surface area contributed by atoms with Crippen LogP contribution in [0.1, 0.15) is 39.2 Å². The van der Waals surface area contributed by atoms with Crippen LogP contribution in [0.25, 0.3) is 0 Å². The Kier molecular flexibility index (Phi) is 5.29. The standard InChI is InChI=1S/C18H25NO4/c1-4-23-16(20)13-8-7-11-19(12-13)15-10-6-5-9-14(15)18(2,3)17(21)22/h5-6,9-10,13H,4,7-8,11-12H2,1-3H3,(H,21,22). The van der Waals surface area contributed by atoms with Crippen LogP contribution in [0.2, 0.25) is 0 Å². The molecule has 126 valence electrons. The topological polar surface area (TPSA) is 66.8 Å². The van der Waals surface area contributed by atoms with Crippen molar-refractivity contribution in [2.45, 2.75) is 39.0 Å². The summed E-state index contributed by atoms with van der Waals surface area (Å²) in [6, 6.07) is 7.56. The van der Waals surface area contributed by atoms with E-state index in [0.29, 0.717) is 13.2 Å². The SMILES string of the molecule is CCOC(=O)C1CCCN(c2ccccc2C(C)(C)C(=O)O)C1. The Labute approximate surface area is 137 Å². The first kappa shape index (κ1) is 17.3. The minimum Gasteiger partial charge on any atom is -0.481 e. The Morgan fingerprint density at radius 2 is 2.04 bits per heavy atom. The molecule has 5 nitrogen and oxygen atoms in total. The second kappa shape index (κ2) is 7.02. The van der Waals surface area contributed by atoms with Gasteiger partial charge >= 0.3 is 11.9 Å². The number of nitrogens with zero attached hydrogens (tertiary/aromatic N) is 1. The van der Waals surface area contributed by atoms with E-state index >= 15 is 0 Å². The van der Waals surface area contributed by atoms with E-state index in [4.69, 9.17) is 4.74 Å². The number of esters is 1. The van der Waals surface area contributed by atoms with Crippen molar-refractivity contribution in [3.63, 3.8) is 0 Å². The van der Waals surface area contributed by atoms with Gasteiger partial charge in [0.05, 0.1) is 17.9 Å². The molecule has 0 amide bonds. The maximum Gasteiger partial charge on any atom is 0.313 e. The van der Waals surface area contributed by atoms with E-state index in [1.54, 1.807) is 13.8 Å². The van der Waals surface area contributed by atoms with E-state index in [0.717, 1.165) is 30.6 Å². The first-order valence-corrected chi connectivity index (χ1v) is 8.12. The summed E-state index contributed by atoms with van der Waals surface area (Å²) in [5, 5.41) is 9.54. The monoisotopic (exact) mass is 319 g/mol. The van der Waals surface area contributed by atoms with Crippen LogP contribution in [0.5, 0.6) is 0 Å².